The second-order valence-electron chi connectivity index (χ2n) is 5.33. The largest absolute Gasteiger partial charge is 0.339 e. The van der Waals surface area contributed by atoms with Crippen molar-refractivity contribution < 1.29 is 0 Å². The molecule has 0 amide bonds. The van der Waals surface area contributed by atoms with E-state index in [0.717, 1.165) is 37.7 Å². The van der Waals surface area contributed by atoms with Gasteiger partial charge in [0.25, 0.3) is 0 Å². The number of piperidine rings is 1. The minimum Gasteiger partial charge on any atom is -0.339 e. The fraction of sp³-hybridized carbons (Fsp3) is 0.833. The third kappa shape index (κ3) is 2.29. The second-order valence-corrected chi connectivity index (χ2v) is 5.33. The van der Waals surface area contributed by atoms with Gasteiger partial charge < -0.3 is 10.6 Å². The van der Waals surface area contributed by atoms with Crippen LogP contribution in [0.4, 0.5) is 5.95 Å². The van der Waals surface area contributed by atoms with Crippen LogP contribution in [0, 0.1) is 0 Å². The molecule has 1 aliphatic heterocycles. The molecule has 1 saturated carbocycles. The Morgan fingerprint density at radius 1 is 1.12 bits per heavy atom. The summed E-state index contributed by atoms with van der Waals surface area (Å²) in [6.07, 6.45) is 7.29. The van der Waals surface area contributed by atoms with E-state index in [1.807, 2.05) is 0 Å². The topological polar surface area (TPSA) is 70.8 Å². The molecule has 2 heterocycles. The third-order valence-electron chi connectivity index (χ3n) is 4.06. The van der Waals surface area contributed by atoms with Crippen LogP contribution >= 0.6 is 0 Å². The fourth-order valence-electron chi connectivity index (χ4n) is 2.89. The smallest absolute Gasteiger partial charge is 0.244 e. The molecule has 0 atom stereocenters. The first-order chi connectivity index (χ1) is 8.33. The lowest BCUT2D eigenvalue weighted by Gasteiger charge is -2.28. The van der Waals surface area contributed by atoms with Crippen molar-refractivity contribution in [1.29, 1.82) is 0 Å². The van der Waals surface area contributed by atoms with Gasteiger partial charge in [0.05, 0.1) is 0 Å². The van der Waals surface area contributed by atoms with Gasteiger partial charge >= 0.3 is 0 Å². The highest BCUT2D eigenvalue weighted by atomic mass is 15.4. The van der Waals surface area contributed by atoms with Gasteiger partial charge in [-0.15, -0.1) is 5.10 Å². The van der Waals surface area contributed by atoms with Gasteiger partial charge in [0, 0.05) is 25.0 Å². The number of aromatic amines is 1. The molecule has 2 fully saturated rings. The predicted molar refractivity (Wildman–Crippen MR) is 67.0 cm³/mol. The monoisotopic (exact) mass is 235 g/mol. The fourth-order valence-corrected chi connectivity index (χ4v) is 2.89. The molecule has 1 aromatic rings. The van der Waals surface area contributed by atoms with Crippen LogP contribution < -0.4 is 10.6 Å². The van der Waals surface area contributed by atoms with Crippen molar-refractivity contribution in [3.8, 4) is 0 Å². The van der Waals surface area contributed by atoms with Crippen molar-refractivity contribution in [2.45, 2.75) is 50.5 Å². The average Bonchev–Trinajstić information content (AvgIpc) is 3.00. The van der Waals surface area contributed by atoms with E-state index in [2.05, 4.69) is 20.1 Å². The van der Waals surface area contributed by atoms with E-state index in [-0.39, 0.29) is 0 Å². The molecule has 5 heteroatoms. The first kappa shape index (κ1) is 11.0. The Morgan fingerprint density at radius 2 is 1.82 bits per heavy atom. The summed E-state index contributed by atoms with van der Waals surface area (Å²) in [7, 11) is 0. The van der Waals surface area contributed by atoms with Crippen LogP contribution in [-0.2, 0) is 0 Å². The minimum atomic E-state index is 0.361. The highest BCUT2D eigenvalue weighted by Gasteiger charge is 2.23. The molecule has 3 rings (SSSR count). The number of rotatable bonds is 2. The molecule has 0 unspecified atom stereocenters. The summed E-state index contributed by atoms with van der Waals surface area (Å²) in [5.74, 6) is 2.58. The normalized spacial score (nSPS) is 23.5. The molecule has 5 nitrogen and oxygen atoms in total. The van der Waals surface area contributed by atoms with E-state index in [1.165, 1.54) is 25.7 Å². The van der Waals surface area contributed by atoms with Crippen LogP contribution in [0.5, 0.6) is 0 Å². The van der Waals surface area contributed by atoms with E-state index in [0.29, 0.717) is 12.0 Å². The zero-order valence-electron chi connectivity index (χ0n) is 10.2. The van der Waals surface area contributed by atoms with E-state index >= 15 is 0 Å². The average molecular weight is 235 g/mol. The van der Waals surface area contributed by atoms with E-state index < -0.39 is 0 Å². The quantitative estimate of drug-likeness (QED) is 0.812. The Balaban J connectivity index is 1.67. The van der Waals surface area contributed by atoms with E-state index in [9.17, 15) is 0 Å². The van der Waals surface area contributed by atoms with Crippen LogP contribution in [-0.4, -0.2) is 34.3 Å². The number of hydrogen-bond donors (Lipinski definition) is 2. The van der Waals surface area contributed by atoms with Crippen LogP contribution in [0.1, 0.15) is 50.3 Å². The van der Waals surface area contributed by atoms with Gasteiger partial charge in [-0.05, 0) is 25.7 Å². The summed E-state index contributed by atoms with van der Waals surface area (Å²) in [6, 6.07) is 0.361. The standard InChI is InChI=1S/C12H21N5/c13-10-5-7-17(8-6-10)12-14-11(15-16-12)9-3-1-2-4-9/h9-10H,1-8,13H2,(H,14,15,16). The second kappa shape index (κ2) is 4.64. The van der Waals surface area contributed by atoms with Crippen molar-refractivity contribution in [3.63, 3.8) is 0 Å². The van der Waals surface area contributed by atoms with Crippen LogP contribution in [0.2, 0.25) is 0 Å². The van der Waals surface area contributed by atoms with Crippen LogP contribution in [0.3, 0.4) is 0 Å². The van der Waals surface area contributed by atoms with Gasteiger partial charge in [-0.3, -0.25) is 5.10 Å². The number of nitrogens with one attached hydrogen (secondary N) is 1. The highest BCUT2D eigenvalue weighted by Crippen LogP contribution is 2.32. The van der Waals surface area contributed by atoms with E-state index in [4.69, 9.17) is 5.73 Å². The van der Waals surface area contributed by atoms with Crippen LogP contribution in [0.15, 0.2) is 0 Å². The Morgan fingerprint density at radius 3 is 2.53 bits per heavy atom. The van der Waals surface area contributed by atoms with Crippen molar-refractivity contribution >= 4 is 5.95 Å². The molecule has 0 spiro atoms. The van der Waals surface area contributed by atoms with Crippen molar-refractivity contribution in [1.82, 2.24) is 15.2 Å². The van der Waals surface area contributed by atoms with E-state index in [1.54, 1.807) is 0 Å². The maximum Gasteiger partial charge on any atom is 0.244 e. The lowest BCUT2D eigenvalue weighted by Crippen LogP contribution is -2.40. The molecule has 0 aromatic carbocycles. The number of nitrogens with zero attached hydrogens (tertiary/aromatic N) is 3. The summed E-state index contributed by atoms with van der Waals surface area (Å²) >= 11 is 0. The maximum absolute atomic E-state index is 5.90. The Kier molecular flexibility index (Phi) is 3.01. The molecular formula is C12H21N5. The lowest BCUT2D eigenvalue weighted by atomic mass is 10.1. The molecule has 1 aromatic heterocycles. The zero-order valence-corrected chi connectivity index (χ0v) is 10.2. The molecule has 1 aliphatic carbocycles. The summed E-state index contributed by atoms with van der Waals surface area (Å²) in [5, 5.41) is 7.48. The predicted octanol–water partition coefficient (Wildman–Crippen LogP) is 1.39. The van der Waals surface area contributed by atoms with Gasteiger partial charge in [0.15, 0.2) is 0 Å². The summed E-state index contributed by atoms with van der Waals surface area (Å²) < 4.78 is 0. The minimum absolute atomic E-state index is 0.361. The molecule has 17 heavy (non-hydrogen) atoms. The van der Waals surface area contributed by atoms with Gasteiger partial charge in [-0.25, -0.2) is 0 Å². The van der Waals surface area contributed by atoms with Gasteiger partial charge in [0.2, 0.25) is 5.95 Å². The SMILES string of the molecule is NC1CCN(c2n[nH]c(C3CCCC3)n2)CC1. The third-order valence-corrected chi connectivity index (χ3v) is 4.06. The van der Waals surface area contributed by atoms with Gasteiger partial charge in [-0.2, -0.15) is 4.98 Å². The molecule has 1 saturated heterocycles. The highest BCUT2D eigenvalue weighted by molar-refractivity contribution is 5.30. The zero-order chi connectivity index (χ0) is 11.7. The van der Waals surface area contributed by atoms with Crippen molar-refractivity contribution in [3.05, 3.63) is 5.82 Å². The number of hydrogen-bond acceptors (Lipinski definition) is 4. The lowest BCUT2D eigenvalue weighted by molar-refractivity contribution is 0.496. The molecular weight excluding hydrogens is 214 g/mol. The Hall–Kier alpha value is -1.10. The number of aromatic nitrogens is 3. The Bertz CT molecular complexity index is 361. The van der Waals surface area contributed by atoms with Crippen molar-refractivity contribution in [2.75, 3.05) is 18.0 Å². The summed E-state index contributed by atoms with van der Waals surface area (Å²) in [5.41, 5.74) is 5.90. The number of anilines is 1. The molecule has 3 N–H and O–H groups in total. The maximum atomic E-state index is 5.90. The first-order valence-electron chi connectivity index (χ1n) is 6.76. The Labute approximate surface area is 102 Å². The molecule has 94 valence electrons. The molecule has 0 radical (unpaired) electrons. The van der Waals surface area contributed by atoms with Crippen molar-refractivity contribution in [2.24, 2.45) is 5.73 Å². The number of H-pyrrole nitrogens is 1. The summed E-state index contributed by atoms with van der Waals surface area (Å²) in [6.45, 7) is 1.98. The van der Waals surface area contributed by atoms with Gasteiger partial charge in [-0.1, -0.05) is 12.8 Å². The molecule has 2 aliphatic rings. The van der Waals surface area contributed by atoms with Crippen LogP contribution in [0.25, 0.3) is 0 Å². The summed E-state index contributed by atoms with van der Waals surface area (Å²) in [4.78, 5) is 6.91. The van der Waals surface area contributed by atoms with Gasteiger partial charge in [0.1, 0.15) is 5.82 Å². The number of nitrogens with two attached hydrogens (primary N) is 1. The first-order valence-corrected chi connectivity index (χ1v) is 6.76. The molecule has 0 bridgehead atoms.